The van der Waals surface area contributed by atoms with E-state index in [4.69, 9.17) is 15.2 Å². The maximum Gasteiger partial charge on any atom is 0.259 e. The third kappa shape index (κ3) is 5.80. The van der Waals surface area contributed by atoms with Gasteiger partial charge in [0.1, 0.15) is 17.1 Å². The van der Waals surface area contributed by atoms with Gasteiger partial charge in [-0.05, 0) is 54.5 Å². The third-order valence-electron chi connectivity index (χ3n) is 8.76. The summed E-state index contributed by atoms with van der Waals surface area (Å²) in [6, 6.07) is 17.6. The van der Waals surface area contributed by atoms with Crippen LogP contribution in [0.5, 0.6) is 5.75 Å². The fourth-order valence-electron chi connectivity index (χ4n) is 6.41. The van der Waals surface area contributed by atoms with Crippen LogP contribution in [-0.2, 0) is 9.53 Å². The number of carbonyl (C=O) groups excluding carboxylic acids is 2. The maximum atomic E-state index is 13.4. The molecule has 0 bridgehead atoms. The van der Waals surface area contributed by atoms with Crippen molar-refractivity contribution in [3.8, 4) is 11.4 Å². The van der Waals surface area contributed by atoms with Gasteiger partial charge in [-0.15, -0.1) is 0 Å². The highest BCUT2D eigenvalue weighted by Gasteiger charge is 2.42. The number of fused-ring (bicyclic) bond motifs is 1. The summed E-state index contributed by atoms with van der Waals surface area (Å²) >= 11 is 0. The Morgan fingerprint density at radius 3 is 2.46 bits per heavy atom. The zero-order valence-electron chi connectivity index (χ0n) is 23.4. The van der Waals surface area contributed by atoms with Crippen LogP contribution in [0, 0.1) is 17.8 Å². The predicted octanol–water partition coefficient (Wildman–Crippen LogP) is 2.75. The second-order valence-electron chi connectivity index (χ2n) is 11.4. The Bertz CT molecular complexity index is 1340. The van der Waals surface area contributed by atoms with E-state index in [1.54, 1.807) is 18.0 Å². The molecule has 0 spiro atoms. The minimum Gasteiger partial charge on any atom is -0.497 e. The van der Waals surface area contributed by atoms with Crippen molar-refractivity contribution in [1.29, 1.82) is 0 Å². The normalized spacial score (nSPS) is 23.0. The number of benzene rings is 2. The molecule has 3 unspecified atom stereocenters. The molecule has 41 heavy (non-hydrogen) atoms. The number of methoxy groups -OCH3 is 1. The van der Waals surface area contributed by atoms with Gasteiger partial charge in [-0.2, -0.15) is 5.10 Å². The second kappa shape index (κ2) is 11.9. The van der Waals surface area contributed by atoms with Crippen LogP contribution in [0.2, 0.25) is 0 Å². The van der Waals surface area contributed by atoms with Crippen LogP contribution in [-0.4, -0.2) is 84.4 Å². The molecule has 216 valence electrons. The Kier molecular flexibility index (Phi) is 7.93. The molecule has 3 aliphatic rings. The van der Waals surface area contributed by atoms with Crippen molar-refractivity contribution in [3.05, 3.63) is 71.9 Å². The number of amides is 2. The lowest BCUT2D eigenvalue weighted by Gasteiger charge is -2.25. The first kappa shape index (κ1) is 27.3. The summed E-state index contributed by atoms with van der Waals surface area (Å²) in [4.78, 5) is 30.7. The van der Waals surface area contributed by atoms with Crippen LogP contribution in [0.3, 0.4) is 0 Å². The van der Waals surface area contributed by atoms with Gasteiger partial charge in [0.15, 0.2) is 0 Å². The highest BCUT2D eigenvalue weighted by molar-refractivity contribution is 5.98. The van der Waals surface area contributed by atoms with Crippen molar-refractivity contribution in [2.45, 2.75) is 18.9 Å². The number of ether oxygens (including phenoxy) is 2. The number of nitrogens with two attached hydrogens (primary N) is 1. The quantitative estimate of drug-likeness (QED) is 0.415. The molecular formula is C31H38N6O4. The summed E-state index contributed by atoms with van der Waals surface area (Å²) in [5, 5.41) is 7.68. The fraction of sp³-hybridized carbons (Fsp3) is 0.452. The van der Waals surface area contributed by atoms with Gasteiger partial charge in [-0.1, -0.05) is 30.3 Å². The van der Waals surface area contributed by atoms with Crippen molar-refractivity contribution < 1.29 is 19.1 Å². The molecular weight excluding hydrogens is 520 g/mol. The highest BCUT2D eigenvalue weighted by Crippen LogP contribution is 2.33. The molecule has 4 heterocycles. The summed E-state index contributed by atoms with van der Waals surface area (Å²) in [5.41, 5.74) is 8.72. The summed E-state index contributed by atoms with van der Waals surface area (Å²) < 4.78 is 12.2. The summed E-state index contributed by atoms with van der Waals surface area (Å²) in [6.07, 6.45) is 3.19. The lowest BCUT2D eigenvalue weighted by molar-refractivity contribution is -0.125. The first-order chi connectivity index (χ1) is 20.0. The summed E-state index contributed by atoms with van der Waals surface area (Å²) in [6.45, 7) is 5.38. The summed E-state index contributed by atoms with van der Waals surface area (Å²) in [7, 11) is 1.62. The van der Waals surface area contributed by atoms with Gasteiger partial charge in [-0.3, -0.25) is 9.59 Å². The van der Waals surface area contributed by atoms with Gasteiger partial charge >= 0.3 is 0 Å². The standard InChI is InChI=1S/C31H38N6O4/c1-40-26-9-7-25(8-10-26)37-29(32)27(15-33-37)31(39)36-18-23-16-35(17-24(23)19-36)13-11-28(21-5-3-2-4-6-21)34-30(38)22-12-14-41-20-22/h2-10,15,22-24,28H,11-14,16-20,32H2,1H3,(H,34,38)/t22?,23?,24?,28-/m0/s1. The predicted molar refractivity (Wildman–Crippen MR) is 155 cm³/mol. The van der Waals surface area contributed by atoms with E-state index >= 15 is 0 Å². The average molecular weight is 559 g/mol. The first-order valence-corrected chi connectivity index (χ1v) is 14.4. The summed E-state index contributed by atoms with van der Waals surface area (Å²) in [5.74, 6) is 1.90. The molecule has 4 atom stereocenters. The smallest absolute Gasteiger partial charge is 0.259 e. The van der Waals surface area contributed by atoms with E-state index in [2.05, 4.69) is 27.4 Å². The first-order valence-electron chi connectivity index (χ1n) is 14.4. The van der Waals surface area contributed by atoms with Crippen LogP contribution in [0.4, 0.5) is 5.82 Å². The molecule has 3 fully saturated rings. The number of hydrogen-bond acceptors (Lipinski definition) is 7. The molecule has 3 aliphatic heterocycles. The van der Waals surface area contributed by atoms with Crippen molar-refractivity contribution in [2.24, 2.45) is 17.8 Å². The van der Waals surface area contributed by atoms with E-state index < -0.39 is 0 Å². The molecule has 1 aromatic heterocycles. The van der Waals surface area contributed by atoms with Crippen LogP contribution in [0.15, 0.2) is 60.8 Å². The SMILES string of the molecule is COc1ccc(-n2ncc(C(=O)N3CC4CN(CC[C@H](NC(=O)C5CCOC5)c5ccccc5)CC4C3)c2N)cc1. The topological polar surface area (TPSA) is 115 Å². The number of likely N-dealkylation sites (tertiary alicyclic amines) is 2. The van der Waals surface area contributed by atoms with E-state index in [1.807, 2.05) is 47.4 Å². The van der Waals surface area contributed by atoms with Gasteiger partial charge in [0.25, 0.3) is 5.91 Å². The molecule has 6 rings (SSSR count). The molecule has 2 aromatic carbocycles. The Labute approximate surface area is 240 Å². The number of carbonyl (C=O) groups is 2. The molecule has 3 saturated heterocycles. The van der Waals surface area contributed by atoms with Gasteiger partial charge in [-0.25, -0.2) is 4.68 Å². The van der Waals surface area contributed by atoms with Crippen molar-refractivity contribution in [2.75, 3.05) is 58.8 Å². The van der Waals surface area contributed by atoms with Gasteiger partial charge in [0.05, 0.1) is 37.6 Å². The van der Waals surface area contributed by atoms with E-state index in [0.717, 1.165) is 49.5 Å². The number of aromatic nitrogens is 2. The van der Waals surface area contributed by atoms with Crippen LogP contribution >= 0.6 is 0 Å². The Hall–Kier alpha value is -3.89. The zero-order chi connectivity index (χ0) is 28.3. The van der Waals surface area contributed by atoms with Crippen molar-refractivity contribution in [3.63, 3.8) is 0 Å². The fourth-order valence-corrected chi connectivity index (χ4v) is 6.41. The maximum absolute atomic E-state index is 13.4. The number of anilines is 1. The highest BCUT2D eigenvalue weighted by atomic mass is 16.5. The molecule has 10 heteroatoms. The monoisotopic (exact) mass is 558 g/mol. The number of hydrogen-bond donors (Lipinski definition) is 2. The molecule has 2 amide bonds. The minimum absolute atomic E-state index is 0.0342. The second-order valence-corrected chi connectivity index (χ2v) is 11.4. The Balaban J connectivity index is 1.04. The van der Waals surface area contributed by atoms with E-state index in [0.29, 0.717) is 49.5 Å². The Morgan fingerprint density at radius 1 is 1.07 bits per heavy atom. The van der Waals surface area contributed by atoms with Gasteiger partial charge in [0, 0.05) is 39.3 Å². The average Bonchev–Trinajstić information content (AvgIpc) is 3.80. The molecule has 10 nitrogen and oxygen atoms in total. The molecule has 3 aromatic rings. The number of nitrogen functional groups attached to an aromatic ring is 1. The van der Waals surface area contributed by atoms with Crippen LogP contribution < -0.4 is 15.8 Å². The number of nitrogens with zero attached hydrogens (tertiary/aromatic N) is 4. The third-order valence-corrected chi connectivity index (χ3v) is 8.76. The van der Waals surface area contributed by atoms with Crippen molar-refractivity contribution in [1.82, 2.24) is 24.9 Å². The van der Waals surface area contributed by atoms with E-state index in [-0.39, 0.29) is 23.8 Å². The van der Waals surface area contributed by atoms with Crippen LogP contribution in [0.1, 0.15) is 34.8 Å². The molecule has 3 N–H and O–H groups in total. The lowest BCUT2D eigenvalue weighted by atomic mass is 10.0. The lowest BCUT2D eigenvalue weighted by Crippen LogP contribution is -2.37. The van der Waals surface area contributed by atoms with Crippen LogP contribution in [0.25, 0.3) is 5.69 Å². The minimum atomic E-state index is -0.0639. The van der Waals surface area contributed by atoms with E-state index in [1.165, 1.54) is 0 Å². The number of rotatable bonds is 9. The molecule has 0 aliphatic carbocycles. The molecule has 0 radical (unpaired) electrons. The van der Waals surface area contributed by atoms with Crippen molar-refractivity contribution >= 4 is 17.6 Å². The largest absolute Gasteiger partial charge is 0.497 e. The Morgan fingerprint density at radius 2 is 1.80 bits per heavy atom. The van der Waals surface area contributed by atoms with E-state index in [9.17, 15) is 9.59 Å². The number of nitrogens with one attached hydrogen (secondary N) is 1. The zero-order valence-corrected chi connectivity index (χ0v) is 23.4. The van der Waals surface area contributed by atoms with Gasteiger partial charge in [0.2, 0.25) is 5.91 Å². The van der Waals surface area contributed by atoms with Gasteiger partial charge < -0.3 is 30.3 Å². The molecule has 0 saturated carbocycles.